The molecule has 1 saturated heterocycles. The van der Waals surface area contributed by atoms with Crippen molar-refractivity contribution in [2.75, 3.05) is 13.1 Å². The van der Waals surface area contributed by atoms with Crippen LogP contribution >= 0.6 is 0 Å². The molecule has 0 radical (unpaired) electrons. The van der Waals surface area contributed by atoms with Crippen molar-refractivity contribution < 1.29 is 27.9 Å². The predicted octanol–water partition coefficient (Wildman–Crippen LogP) is 4.38. The van der Waals surface area contributed by atoms with Gasteiger partial charge in [0.15, 0.2) is 0 Å². The lowest BCUT2D eigenvalue weighted by atomic mass is 9.82. The van der Waals surface area contributed by atoms with E-state index in [-0.39, 0.29) is 18.2 Å². The van der Waals surface area contributed by atoms with Gasteiger partial charge in [-0.15, -0.1) is 0 Å². The number of rotatable bonds is 6. The largest absolute Gasteiger partial charge is 0.481 e. The number of hydrogen-bond acceptors (Lipinski definition) is 2. The molecule has 1 amide bonds. The van der Waals surface area contributed by atoms with Gasteiger partial charge in [0.05, 0.1) is 5.56 Å². The number of alkyl halides is 3. The van der Waals surface area contributed by atoms with Crippen molar-refractivity contribution in [3.05, 3.63) is 35.4 Å². The van der Waals surface area contributed by atoms with Crippen LogP contribution in [0.1, 0.15) is 50.7 Å². The maximum atomic E-state index is 13.0. The lowest BCUT2D eigenvalue weighted by molar-refractivity contribution is -0.142. The third-order valence-corrected chi connectivity index (χ3v) is 5.08. The minimum Gasteiger partial charge on any atom is -0.481 e. The normalized spacial score (nSPS) is 18.4. The molecule has 2 rings (SSSR count). The molecule has 1 fully saturated rings. The average molecular weight is 385 g/mol. The number of carbonyl (C=O) groups excluding carboxylic acids is 1. The van der Waals surface area contributed by atoms with Gasteiger partial charge in [0, 0.05) is 24.9 Å². The van der Waals surface area contributed by atoms with E-state index in [4.69, 9.17) is 5.11 Å². The van der Waals surface area contributed by atoms with E-state index in [0.29, 0.717) is 31.5 Å². The molecule has 1 heterocycles. The van der Waals surface area contributed by atoms with Gasteiger partial charge in [0.2, 0.25) is 5.91 Å². The van der Waals surface area contributed by atoms with E-state index >= 15 is 0 Å². The molecule has 1 aliphatic rings. The minimum atomic E-state index is -4.37. The van der Waals surface area contributed by atoms with Crippen molar-refractivity contribution in [2.45, 2.75) is 52.1 Å². The van der Waals surface area contributed by atoms with Crippen molar-refractivity contribution in [1.29, 1.82) is 0 Å². The van der Waals surface area contributed by atoms with Crippen LogP contribution < -0.4 is 0 Å². The van der Waals surface area contributed by atoms with Gasteiger partial charge in [-0.25, -0.2) is 0 Å². The van der Waals surface area contributed by atoms with E-state index in [1.165, 1.54) is 12.1 Å². The van der Waals surface area contributed by atoms with Gasteiger partial charge in [-0.2, -0.15) is 13.2 Å². The SMILES string of the molecule is CC(C)(Cc1ccc(C(F)(F)F)cc1)C(=O)N1CCCC(CCC(=O)O)C1. The molecule has 150 valence electrons. The summed E-state index contributed by atoms with van der Waals surface area (Å²) in [5.74, 6) is -0.691. The number of halogens is 3. The molecule has 1 aromatic carbocycles. The van der Waals surface area contributed by atoms with Gasteiger partial charge < -0.3 is 10.0 Å². The summed E-state index contributed by atoms with van der Waals surface area (Å²) in [5.41, 5.74) is -0.762. The molecule has 4 nitrogen and oxygen atoms in total. The van der Waals surface area contributed by atoms with Gasteiger partial charge in [-0.05, 0) is 49.3 Å². The fourth-order valence-electron chi connectivity index (χ4n) is 3.64. The number of hydrogen-bond donors (Lipinski definition) is 1. The second-order valence-electron chi connectivity index (χ2n) is 7.95. The number of piperidine rings is 1. The third kappa shape index (κ3) is 5.97. The first kappa shape index (κ1) is 21.3. The quantitative estimate of drug-likeness (QED) is 0.791. The molecule has 0 bridgehead atoms. The number of carboxylic acids is 1. The fraction of sp³-hybridized carbons (Fsp3) is 0.600. The Morgan fingerprint density at radius 1 is 1.19 bits per heavy atom. The van der Waals surface area contributed by atoms with Crippen LogP contribution in [0.15, 0.2) is 24.3 Å². The summed E-state index contributed by atoms with van der Waals surface area (Å²) in [6.07, 6.45) is -1.62. The number of aliphatic carboxylic acids is 1. The Labute approximate surface area is 157 Å². The Kier molecular flexibility index (Phi) is 6.54. The van der Waals surface area contributed by atoms with Gasteiger partial charge >= 0.3 is 12.1 Å². The summed E-state index contributed by atoms with van der Waals surface area (Å²) in [5, 5.41) is 8.83. The van der Waals surface area contributed by atoms with E-state index in [1.807, 2.05) is 0 Å². The van der Waals surface area contributed by atoms with Crippen molar-refractivity contribution in [1.82, 2.24) is 4.90 Å². The molecule has 1 aliphatic heterocycles. The van der Waals surface area contributed by atoms with Crippen LogP contribution in [-0.2, 0) is 22.2 Å². The molecule has 27 heavy (non-hydrogen) atoms. The number of carboxylic acid groups (broad SMARTS) is 1. The summed E-state index contributed by atoms with van der Waals surface area (Å²) in [4.78, 5) is 25.5. The molecule has 1 aromatic rings. The van der Waals surface area contributed by atoms with Gasteiger partial charge in [0.25, 0.3) is 0 Å². The molecule has 0 aromatic heterocycles. The van der Waals surface area contributed by atoms with Crippen LogP contribution in [0.2, 0.25) is 0 Å². The third-order valence-electron chi connectivity index (χ3n) is 5.08. The topological polar surface area (TPSA) is 57.6 Å². The lowest BCUT2D eigenvalue weighted by Crippen LogP contribution is -2.47. The van der Waals surface area contributed by atoms with Crippen LogP contribution in [0.25, 0.3) is 0 Å². The average Bonchev–Trinajstić information content (AvgIpc) is 2.59. The number of amides is 1. The minimum absolute atomic E-state index is 0.0394. The smallest absolute Gasteiger partial charge is 0.416 e. The van der Waals surface area contributed by atoms with Gasteiger partial charge in [-0.3, -0.25) is 9.59 Å². The monoisotopic (exact) mass is 385 g/mol. The summed E-state index contributed by atoms with van der Waals surface area (Å²) < 4.78 is 38.0. The Bertz CT molecular complexity index is 668. The number of nitrogens with zero attached hydrogens (tertiary/aromatic N) is 1. The van der Waals surface area contributed by atoms with Crippen LogP contribution in [-0.4, -0.2) is 35.0 Å². The highest BCUT2D eigenvalue weighted by Crippen LogP contribution is 2.32. The standard InChI is InChI=1S/C20H26F3NO3/c1-19(2,12-14-5-8-16(9-6-14)20(21,22)23)18(27)24-11-3-4-15(13-24)7-10-17(25)26/h5-6,8-9,15H,3-4,7,10-13H2,1-2H3,(H,25,26). The van der Waals surface area contributed by atoms with E-state index in [9.17, 15) is 22.8 Å². The molecule has 0 aliphatic carbocycles. The zero-order valence-electron chi connectivity index (χ0n) is 15.7. The van der Waals surface area contributed by atoms with Crippen LogP contribution in [0.5, 0.6) is 0 Å². The molecule has 0 saturated carbocycles. The number of carbonyl (C=O) groups is 2. The molecule has 1 atom stereocenters. The summed E-state index contributed by atoms with van der Waals surface area (Å²) >= 11 is 0. The first-order valence-electron chi connectivity index (χ1n) is 9.16. The zero-order valence-corrected chi connectivity index (χ0v) is 15.7. The maximum Gasteiger partial charge on any atom is 0.416 e. The predicted molar refractivity (Wildman–Crippen MR) is 95.1 cm³/mol. The van der Waals surface area contributed by atoms with E-state index in [2.05, 4.69) is 0 Å². The van der Waals surface area contributed by atoms with Crippen LogP contribution in [0.3, 0.4) is 0 Å². The Hall–Kier alpha value is -2.05. The second kappa shape index (κ2) is 8.31. The number of likely N-dealkylation sites (tertiary alicyclic amines) is 1. The van der Waals surface area contributed by atoms with Crippen molar-refractivity contribution in [3.63, 3.8) is 0 Å². The first-order valence-corrected chi connectivity index (χ1v) is 9.16. The highest BCUT2D eigenvalue weighted by Gasteiger charge is 2.35. The van der Waals surface area contributed by atoms with E-state index in [1.54, 1.807) is 18.7 Å². The van der Waals surface area contributed by atoms with Crippen molar-refractivity contribution in [3.8, 4) is 0 Å². The van der Waals surface area contributed by atoms with Crippen molar-refractivity contribution >= 4 is 11.9 Å². The molecular weight excluding hydrogens is 359 g/mol. The Balaban J connectivity index is 2.00. The highest BCUT2D eigenvalue weighted by atomic mass is 19.4. The first-order chi connectivity index (χ1) is 12.5. The fourth-order valence-corrected chi connectivity index (χ4v) is 3.64. The molecule has 7 heteroatoms. The Morgan fingerprint density at radius 3 is 2.37 bits per heavy atom. The van der Waals surface area contributed by atoms with E-state index < -0.39 is 23.1 Å². The summed E-state index contributed by atoms with van der Waals surface area (Å²) in [6, 6.07) is 4.92. The second-order valence-corrected chi connectivity index (χ2v) is 7.95. The number of benzene rings is 1. The molecule has 0 spiro atoms. The van der Waals surface area contributed by atoms with Crippen LogP contribution in [0, 0.1) is 11.3 Å². The molecule has 1 N–H and O–H groups in total. The lowest BCUT2D eigenvalue weighted by Gasteiger charge is -2.37. The Morgan fingerprint density at radius 2 is 1.81 bits per heavy atom. The highest BCUT2D eigenvalue weighted by molar-refractivity contribution is 5.82. The van der Waals surface area contributed by atoms with Crippen molar-refractivity contribution in [2.24, 2.45) is 11.3 Å². The summed E-state index contributed by atoms with van der Waals surface area (Å²) in [6.45, 7) is 4.78. The van der Waals surface area contributed by atoms with Gasteiger partial charge in [-0.1, -0.05) is 26.0 Å². The molecular formula is C20H26F3NO3. The maximum absolute atomic E-state index is 13.0. The van der Waals surface area contributed by atoms with E-state index in [0.717, 1.165) is 25.0 Å². The van der Waals surface area contributed by atoms with Crippen LogP contribution in [0.4, 0.5) is 13.2 Å². The zero-order chi connectivity index (χ0) is 20.2. The summed E-state index contributed by atoms with van der Waals surface area (Å²) in [7, 11) is 0. The van der Waals surface area contributed by atoms with Gasteiger partial charge in [0.1, 0.15) is 0 Å². The molecule has 1 unspecified atom stereocenters.